The standard InChI is InChI=1S/C10H22N4O2/c1-13(2)5-4-6-14(3)10(16)8-12-9(15)7-11/h4-8,11H2,1-3H3,(H,12,15). The van der Waals surface area contributed by atoms with E-state index < -0.39 is 0 Å². The maximum atomic E-state index is 11.5. The quantitative estimate of drug-likeness (QED) is 0.556. The molecule has 0 aromatic carbocycles. The van der Waals surface area contributed by atoms with Crippen molar-refractivity contribution in [2.75, 3.05) is 47.3 Å². The van der Waals surface area contributed by atoms with E-state index in [1.165, 1.54) is 0 Å². The number of nitrogens with one attached hydrogen (secondary N) is 1. The molecule has 0 rings (SSSR count). The van der Waals surface area contributed by atoms with Crippen LogP contribution in [0.3, 0.4) is 0 Å². The zero-order valence-electron chi connectivity index (χ0n) is 10.3. The minimum atomic E-state index is -0.310. The van der Waals surface area contributed by atoms with Crippen molar-refractivity contribution in [1.82, 2.24) is 15.1 Å². The Morgan fingerprint density at radius 1 is 1.19 bits per heavy atom. The van der Waals surface area contributed by atoms with E-state index in [0.717, 1.165) is 13.0 Å². The summed E-state index contributed by atoms with van der Waals surface area (Å²) in [5, 5.41) is 2.45. The van der Waals surface area contributed by atoms with Gasteiger partial charge in [-0.3, -0.25) is 9.59 Å². The van der Waals surface area contributed by atoms with Crippen LogP contribution in [0.1, 0.15) is 6.42 Å². The summed E-state index contributed by atoms with van der Waals surface area (Å²) in [6.07, 6.45) is 0.917. The molecule has 0 aliphatic carbocycles. The Labute approximate surface area is 96.8 Å². The molecule has 94 valence electrons. The van der Waals surface area contributed by atoms with Crippen LogP contribution in [0.4, 0.5) is 0 Å². The highest BCUT2D eigenvalue weighted by Gasteiger charge is 2.09. The molecule has 0 radical (unpaired) electrons. The van der Waals surface area contributed by atoms with Gasteiger partial charge >= 0.3 is 0 Å². The largest absolute Gasteiger partial charge is 0.346 e. The summed E-state index contributed by atoms with van der Waals surface area (Å²) in [5.74, 6) is -0.407. The average molecular weight is 230 g/mol. The number of rotatable bonds is 7. The third-order valence-corrected chi connectivity index (χ3v) is 2.15. The fraction of sp³-hybridized carbons (Fsp3) is 0.800. The summed E-state index contributed by atoms with van der Waals surface area (Å²) in [7, 11) is 5.71. The van der Waals surface area contributed by atoms with Crippen LogP contribution in [-0.4, -0.2) is 68.9 Å². The van der Waals surface area contributed by atoms with Gasteiger partial charge in [-0.15, -0.1) is 0 Å². The first-order chi connectivity index (χ1) is 7.47. The second kappa shape index (κ2) is 8.06. The molecule has 3 N–H and O–H groups in total. The number of nitrogens with zero attached hydrogens (tertiary/aromatic N) is 2. The van der Waals surface area contributed by atoms with Gasteiger partial charge in [-0.05, 0) is 27.1 Å². The minimum absolute atomic E-state index is 0.0223. The van der Waals surface area contributed by atoms with Gasteiger partial charge in [0.2, 0.25) is 11.8 Å². The maximum absolute atomic E-state index is 11.5. The Balaban J connectivity index is 3.69. The highest BCUT2D eigenvalue weighted by molar-refractivity contribution is 5.85. The minimum Gasteiger partial charge on any atom is -0.346 e. The van der Waals surface area contributed by atoms with Crippen LogP contribution in [-0.2, 0) is 9.59 Å². The predicted molar refractivity (Wildman–Crippen MR) is 62.9 cm³/mol. The van der Waals surface area contributed by atoms with E-state index in [0.29, 0.717) is 6.54 Å². The predicted octanol–water partition coefficient (Wildman–Crippen LogP) is -1.53. The summed E-state index contributed by atoms with van der Waals surface area (Å²) in [5.41, 5.74) is 5.11. The van der Waals surface area contributed by atoms with Gasteiger partial charge in [0.25, 0.3) is 0 Å². The zero-order chi connectivity index (χ0) is 12.6. The number of hydrogen-bond acceptors (Lipinski definition) is 4. The topological polar surface area (TPSA) is 78.7 Å². The molecule has 0 saturated carbocycles. The van der Waals surface area contributed by atoms with E-state index in [1.807, 2.05) is 14.1 Å². The highest BCUT2D eigenvalue weighted by atomic mass is 16.2. The molecule has 0 bridgehead atoms. The Bertz CT molecular complexity index is 231. The van der Waals surface area contributed by atoms with Crippen molar-refractivity contribution in [3.63, 3.8) is 0 Å². The van der Waals surface area contributed by atoms with Gasteiger partial charge in [-0.1, -0.05) is 0 Å². The van der Waals surface area contributed by atoms with E-state index in [4.69, 9.17) is 5.73 Å². The van der Waals surface area contributed by atoms with Crippen LogP contribution in [0.15, 0.2) is 0 Å². The SMILES string of the molecule is CN(C)CCCN(C)C(=O)CNC(=O)CN. The molecule has 0 aliphatic heterocycles. The van der Waals surface area contributed by atoms with Crippen LogP contribution in [0.2, 0.25) is 0 Å². The second-order valence-electron chi connectivity index (χ2n) is 3.95. The molecule has 2 amide bonds. The van der Waals surface area contributed by atoms with Crippen molar-refractivity contribution in [2.45, 2.75) is 6.42 Å². The van der Waals surface area contributed by atoms with Crippen molar-refractivity contribution in [3.05, 3.63) is 0 Å². The van der Waals surface area contributed by atoms with Crippen LogP contribution >= 0.6 is 0 Å². The molecular weight excluding hydrogens is 208 g/mol. The van der Waals surface area contributed by atoms with Gasteiger partial charge in [0.15, 0.2) is 0 Å². The molecule has 6 nitrogen and oxygen atoms in total. The Kier molecular flexibility index (Phi) is 7.49. The summed E-state index contributed by atoms with van der Waals surface area (Å²) < 4.78 is 0. The number of nitrogens with two attached hydrogens (primary N) is 1. The summed E-state index contributed by atoms with van der Waals surface area (Å²) >= 11 is 0. The van der Waals surface area contributed by atoms with Crippen molar-refractivity contribution >= 4 is 11.8 Å². The Morgan fingerprint density at radius 2 is 1.81 bits per heavy atom. The van der Waals surface area contributed by atoms with Crippen molar-refractivity contribution in [2.24, 2.45) is 5.73 Å². The van der Waals surface area contributed by atoms with E-state index in [2.05, 4.69) is 10.2 Å². The smallest absolute Gasteiger partial charge is 0.241 e. The number of carbonyl (C=O) groups excluding carboxylic acids is 2. The first kappa shape index (κ1) is 14.9. The van der Waals surface area contributed by atoms with Crippen molar-refractivity contribution < 1.29 is 9.59 Å². The molecule has 6 heteroatoms. The lowest BCUT2D eigenvalue weighted by atomic mass is 10.3. The summed E-state index contributed by atoms with van der Waals surface area (Å²) in [6.45, 7) is 1.56. The molecule has 0 aliphatic rings. The lowest BCUT2D eigenvalue weighted by Crippen LogP contribution is -2.41. The van der Waals surface area contributed by atoms with E-state index in [-0.39, 0.29) is 24.9 Å². The van der Waals surface area contributed by atoms with Crippen LogP contribution in [0, 0.1) is 0 Å². The Hall–Kier alpha value is -1.14. The fourth-order valence-corrected chi connectivity index (χ4v) is 1.13. The summed E-state index contributed by atoms with van der Waals surface area (Å²) in [6, 6.07) is 0. The van der Waals surface area contributed by atoms with Gasteiger partial charge in [0, 0.05) is 13.6 Å². The molecule has 0 aromatic rings. The third kappa shape index (κ3) is 7.19. The zero-order valence-corrected chi connectivity index (χ0v) is 10.3. The van der Waals surface area contributed by atoms with Gasteiger partial charge in [-0.2, -0.15) is 0 Å². The molecule has 0 heterocycles. The van der Waals surface area contributed by atoms with Gasteiger partial charge < -0.3 is 20.9 Å². The van der Waals surface area contributed by atoms with Crippen molar-refractivity contribution in [1.29, 1.82) is 0 Å². The fourth-order valence-electron chi connectivity index (χ4n) is 1.13. The first-order valence-corrected chi connectivity index (χ1v) is 5.32. The number of hydrogen-bond donors (Lipinski definition) is 2. The number of likely N-dealkylation sites (N-methyl/N-ethyl adjacent to an activating group) is 1. The molecule has 0 aromatic heterocycles. The molecule has 0 spiro atoms. The second-order valence-corrected chi connectivity index (χ2v) is 3.95. The summed E-state index contributed by atoms with van der Waals surface area (Å²) in [4.78, 5) is 26.0. The normalized spacial score (nSPS) is 10.3. The average Bonchev–Trinajstić information content (AvgIpc) is 2.24. The molecule has 0 unspecified atom stereocenters. The van der Waals surface area contributed by atoms with Crippen LogP contribution in [0.5, 0.6) is 0 Å². The molecule has 0 fully saturated rings. The van der Waals surface area contributed by atoms with Crippen LogP contribution < -0.4 is 11.1 Å². The van der Waals surface area contributed by atoms with Gasteiger partial charge in [-0.25, -0.2) is 0 Å². The Morgan fingerprint density at radius 3 is 2.31 bits per heavy atom. The van der Waals surface area contributed by atoms with Gasteiger partial charge in [0.1, 0.15) is 0 Å². The lowest BCUT2D eigenvalue weighted by Gasteiger charge is -2.18. The molecule has 16 heavy (non-hydrogen) atoms. The van der Waals surface area contributed by atoms with Crippen LogP contribution in [0.25, 0.3) is 0 Å². The first-order valence-electron chi connectivity index (χ1n) is 5.32. The maximum Gasteiger partial charge on any atom is 0.241 e. The van der Waals surface area contributed by atoms with E-state index in [1.54, 1.807) is 11.9 Å². The molecule has 0 atom stereocenters. The monoisotopic (exact) mass is 230 g/mol. The molecular formula is C10H22N4O2. The number of amides is 2. The van der Waals surface area contributed by atoms with E-state index in [9.17, 15) is 9.59 Å². The highest BCUT2D eigenvalue weighted by Crippen LogP contribution is 1.90. The molecule has 0 saturated heterocycles. The van der Waals surface area contributed by atoms with Crippen molar-refractivity contribution in [3.8, 4) is 0 Å². The lowest BCUT2D eigenvalue weighted by molar-refractivity contribution is -0.131. The number of carbonyl (C=O) groups is 2. The van der Waals surface area contributed by atoms with Gasteiger partial charge in [0.05, 0.1) is 13.1 Å². The van der Waals surface area contributed by atoms with E-state index >= 15 is 0 Å². The third-order valence-electron chi connectivity index (χ3n) is 2.15.